The number of ketones is 1. The van der Waals surface area contributed by atoms with Gasteiger partial charge < -0.3 is 24.7 Å². The van der Waals surface area contributed by atoms with Crippen LogP contribution in [0.3, 0.4) is 0 Å². The summed E-state index contributed by atoms with van der Waals surface area (Å²) in [5.41, 5.74) is 2.42. The van der Waals surface area contributed by atoms with Crippen molar-refractivity contribution in [2.24, 2.45) is 0 Å². The van der Waals surface area contributed by atoms with Gasteiger partial charge in [0.15, 0.2) is 5.78 Å². The Morgan fingerprint density at radius 3 is 2.64 bits per heavy atom. The van der Waals surface area contributed by atoms with Gasteiger partial charge in [-0.3, -0.25) is 4.79 Å². The van der Waals surface area contributed by atoms with Crippen molar-refractivity contribution in [3.05, 3.63) is 52.8 Å². The smallest absolute Gasteiger partial charge is 0.338 e. The zero-order chi connectivity index (χ0) is 24.1. The minimum absolute atomic E-state index is 0.0894. The number of ether oxygens (including phenoxy) is 2. The maximum atomic E-state index is 11.9. The molecule has 1 heterocycles. The Labute approximate surface area is 197 Å². The molecule has 1 aromatic heterocycles. The number of rotatable bonds is 10. The second-order valence-electron chi connectivity index (χ2n) is 7.64. The van der Waals surface area contributed by atoms with Gasteiger partial charge in [-0.25, -0.2) is 9.78 Å². The first-order chi connectivity index (χ1) is 15.8. The van der Waals surface area contributed by atoms with Crippen LogP contribution >= 0.6 is 12.6 Å². The Bertz CT molecular complexity index is 1160. The molecule has 0 amide bonds. The molecule has 0 aliphatic rings. The molecule has 3 rings (SSSR count). The number of phenols is 1. The van der Waals surface area contributed by atoms with Gasteiger partial charge in [-0.2, -0.15) is 12.6 Å². The number of aromatic nitrogens is 2. The average Bonchev–Trinajstić information content (AvgIpc) is 3.22. The third-order valence-electron chi connectivity index (χ3n) is 5.18. The summed E-state index contributed by atoms with van der Waals surface area (Å²) in [6, 6.07) is 8.10. The first-order valence-corrected chi connectivity index (χ1v) is 11.3. The quantitative estimate of drug-likeness (QED) is 0.200. The molecule has 3 aromatic rings. The van der Waals surface area contributed by atoms with Crippen molar-refractivity contribution in [3.8, 4) is 11.5 Å². The Balaban J connectivity index is 1.75. The molecule has 2 aromatic carbocycles. The van der Waals surface area contributed by atoms with E-state index in [1.165, 1.54) is 13.0 Å². The van der Waals surface area contributed by atoms with Gasteiger partial charge in [0.05, 0.1) is 34.0 Å². The van der Waals surface area contributed by atoms with Crippen LogP contribution in [-0.4, -0.2) is 51.3 Å². The van der Waals surface area contributed by atoms with Crippen molar-refractivity contribution in [1.82, 2.24) is 9.97 Å². The van der Waals surface area contributed by atoms with Crippen LogP contribution in [0, 0.1) is 0 Å². The number of aromatic hydroxyl groups is 1. The van der Waals surface area contributed by atoms with E-state index in [1.54, 1.807) is 31.2 Å². The summed E-state index contributed by atoms with van der Waals surface area (Å²) < 4.78 is 10.8. The van der Waals surface area contributed by atoms with Crippen LogP contribution in [0.1, 0.15) is 64.5 Å². The number of nitrogens with zero attached hydrogens (tertiary/aromatic N) is 1. The highest BCUT2D eigenvalue weighted by molar-refractivity contribution is 7.80. The molecular formula is C24H28N2O6S. The molecular weight excluding hydrogens is 444 g/mol. The number of fused-ring (bicyclic) bond motifs is 1. The number of carbonyl (C=O) groups excluding carboxylic acids is 2. The van der Waals surface area contributed by atoms with Crippen LogP contribution in [0.5, 0.6) is 11.5 Å². The van der Waals surface area contributed by atoms with Gasteiger partial charge in [-0.1, -0.05) is 13.3 Å². The van der Waals surface area contributed by atoms with E-state index >= 15 is 0 Å². The van der Waals surface area contributed by atoms with Gasteiger partial charge in [0.1, 0.15) is 30.0 Å². The van der Waals surface area contributed by atoms with Gasteiger partial charge in [0, 0.05) is 5.56 Å². The predicted octanol–water partition coefficient (Wildman–Crippen LogP) is 4.01. The third kappa shape index (κ3) is 5.48. The number of benzene rings is 2. The Kier molecular flexibility index (Phi) is 7.99. The maximum absolute atomic E-state index is 11.9. The molecule has 9 heteroatoms. The normalized spacial score (nSPS) is 13.0. The first-order valence-electron chi connectivity index (χ1n) is 10.8. The second kappa shape index (κ2) is 10.7. The number of H-pyrrole nitrogens is 1. The summed E-state index contributed by atoms with van der Waals surface area (Å²) in [5, 5.41) is 20.4. The number of aliphatic hydroxyl groups excluding tert-OH is 1. The van der Waals surface area contributed by atoms with E-state index in [1.807, 2.05) is 6.92 Å². The van der Waals surface area contributed by atoms with Crippen molar-refractivity contribution in [2.45, 2.75) is 45.0 Å². The molecule has 0 aliphatic heterocycles. The average molecular weight is 473 g/mol. The number of carbonyl (C=O) groups is 2. The number of hydrogen-bond acceptors (Lipinski definition) is 8. The molecule has 33 heavy (non-hydrogen) atoms. The van der Waals surface area contributed by atoms with Crippen molar-refractivity contribution >= 4 is 35.4 Å². The van der Waals surface area contributed by atoms with Crippen molar-refractivity contribution in [1.29, 1.82) is 0 Å². The lowest BCUT2D eigenvalue weighted by atomic mass is 10.0. The maximum Gasteiger partial charge on any atom is 0.338 e. The molecule has 0 saturated heterocycles. The zero-order valence-electron chi connectivity index (χ0n) is 18.8. The Hall–Kier alpha value is -3.04. The molecule has 0 radical (unpaired) electrons. The van der Waals surface area contributed by atoms with E-state index in [9.17, 15) is 19.8 Å². The summed E-state index contributed by atoms with van der Waals surface area (Å²) in [4.78, 5) is 31.2. The van der Waals surface area contributed by atoms with E-state index in [0.717, 1.165) is 6.42 Å². The lowest BCUT2D eigenvalue weighted by Gasteiger charge is -2.19. The fourth-order valence-electron chi connectivity index (χ4n) is 3.49. The Morgan fingerprint density at radius 1 is 1.21 bits per heavy atom. The number of imidazole rings is 1. The van der Waals surface area contributed by atoms with E-state index in [4.69, 9.17) is 9.47 Å². The largest absolute Gasteiger partial charge is 0.507 e. The fraction of sp³-hybridized carbons (Fsp3) is 0.375. The SMILES string of the molecule is CCCc1c(OCC(O)C(S)c2nc3ccc(C(=O)OCC)cc3[nH]2)ccc(C(C)=O)c1O. The molecule has 2 atom stereocenters. The molecule has 0 spiro atoms. The number of nitrogens with one attached hydrogen (secondary N) is 1. The molecule has 0 aliphatic carbocycles. The summed E-state index contributed by atoms with van der Waals surface area (Å²) >= 11 is 4.49. The van der Waals surface area contributed by atoms with Crippen molar-refractivity contribution in [3.63, 3.8) is 0 Å². The highest BCUT2D eigenvalue weighted by Crippen LogP contribution is 2.34. The molecule has 2 unspecified atom stereocenters. The summed E-state index contributed by atoms with van der Waals surface area (Å²) in [7, 11) is 0. The molecule has 3 N–H and O–H groups in total. The monoisotopic (exact) mass is 472 g/mol. The number of phenolic OH excluding ortho intramolecular Hbond substituents is 1. The first kappa shape index (κ1) is 24.6. The van der Waals surface area contributed by atoms with E-state index in [-0.39, 0.29) is 30.3 Å². The van der Waals surface area contributed by atoms with Crippen molar-refractivity contribution in [2.75, 3.05) is 13.2 Å². The predicted molar refractivity (Wildman–Crippen MR) is 127 cm³/mol. The van der Waals surface area contributed by atoms with Crippen LogP contribution in [0.25, 0.3) is 11.0 Å². The van der Waals surface area contributed by atoms with E-state index < -0.39 is 17.3 Å². The number of thiol groups is 1. The van der Waals surface area contributed by atoms with Crippen LogP contribution in [0.4, 0.5) is 0 Å². The van der Waals surface area contributed by atoms with E-state index in [2.05, 4.69) is 22.6 Å². The van der Waals surface area contributed by atoms with Gasteiger partial charge in [0.2, 0.25) is 0 Å². The summed E-state index contributed by atoms with van der Waals surface area (Å²) in [6.07, 6.45) is 0.243. The third-order valence-corrected chi connectivity index (χ3v) is 5.77. The van der Waals surface area contributed by atoms with Gasteiger partial charge >= 0.3 is 5.97 Å². The molecule has 0 saturated carbocycles. The number of esters is 1. The van der Waals surface area contributed by atoms with Gasteiger partial charge in [-0.05, 0) is 50.6 Å². The second-order valence-corrected chi connectivity index (χ2v) is 8.20. The van der Waals surface area contributed by atoms with E-state index in [0.29, 0.717) is 40.2 Å². The minimum atomic E-state index is -1.03. The van der Waals surface area contributed by atoms with Gasteiger partial charge in [-0.15, -0.1) is 0 Å². The number of aromatic amines is 1. The molecule has 0 fully saturated rings. The molecule has 0 bridgehead atoms. The number of aliphatic hydroxyl groups is 1. The highest BCUT2D eigenvalue weighted by atomic mass is 32.1. The lowest BCUT2D eigenvalue weighted by molar-refractivity contribution is 0.0526. The molecule has 8 nitrogen and oxygen atoms in total. The highest BCUT2D eigenvalue weighted by Gasteiger charge is 2.23. The zero-order valence-corrected chi connectivity index (χ0v) is 19.7. The summed E-state index contributed by atoms with van der Waals surface area (Å²) in [6.45, 7) is 5.27. The topological polar surface area (TPSA) is 122 Å². The van der Waals surface area contributed by atoms with Gasteiger partial charge in [0.25, 0.3) is 0 Å². The number of Topliss-reactive ketones (excluding diaryl/α,β-unsaturated/α-hetero) is 1. The van der Waals surface area contributed by atoms with Crippen LogP contribution < -0.4 is 4.74 Å². The van der Waals surface area contributed by atoms with Crippen molar-refractivity contribution < 1.29 is 29.3 Å². The van der Waals surface area contributed by atoms with Crippen LogP contribution in [0.2, 0.25) is 0 Å². The number of hydrogen-bond donors (Lipinski definition) is 4. The Morgan fingerprint density at radius 2 is 1.97 bits per heavy atom. The summed E-state index contributed by atoms with van der Waals surface area (Å²) in [5.74, 6) is 0.0845. The van der Waals surface area contributed by atoms with Crippen LogP contribution in [0.15, 0.2) is 30.3 Å². The fourth-order valence-corrected chi connectivity index (χ4v) is 3.70. The minimum Gasteiger partial charge on any atom is -0.507 e. The molecule has 176 valence electrons. The lowest BCUT2D eigenvalue weighted by Crippen LogP contribution is -2.23. The van der Waals surface area contributed by atoms with Crippen LogP contribution in [-0.2, 0) is 11.2 Å². The standard InChI is InChI=1S/C24H28N2O6S/c1-4-6-16-20(10-8-15(13(3)27)21(16)29)32-12-19(28)22(33)23-25-17-9-7-14(11-18(17)26-23)24(30)31-5-2/h7-11,19,22,28-29,33H,4-6,12H2,1-3H3,(H,25,26).